The van der Waals surface area contributed by atoms with Crippen LogP contribution >= 0.6 is 23.4 Å². The first-order valence-corrected chi connectivity index (χ1v) is 11.6. The first-order chi connectivity index (χ1) is 15.3. The summed E-state index contributed by atoms with van der Waals surface area (Å²) in [4.78, 5) is 25.1. The van der Waals surface area contributed by atoms with E-state index >= 15 is 0 Å². The molecule has 1 aromatic heterocycles. The van der Waals surface area contributed by atoms with Gasteiger partial charge in [0.2, 0.25) is 5.91 Å². The molecule has 1 atom stereocenters. The van der Waals surface area contributed by atoms with Gasteiger partial charge in [-0.15, -0.1) is 10.2 Å². The van der Waals surface area contributed by atoms with E-state index in [-0.39, 0.29) is 29.5 Å². The Morgan fingerprint density at radius 2 is 1.88 bits per heavy atom. The van der Waals surface area contributed by atoms with Crippen molar-refractivity contribution >= 4 is 40.9 Å². The second-order valence-corrected chi connectivity index (χ2v) is 9.13. The number of hydrogen-bond acceptors (Lipinski definition) is 5. The van der Waals surface area contributed by atoms with E-state index in [2.05, 4.69) is 20.8 Å². The topological polar surface area (TPSA) is 88.9 Å². The molecule has 2 aromatic carbocycles. The van der Waals surface area contributed by atoms with E-state index in [1.165, 1.54) is 11.8 Å². The molecule has 0 unspecified atom stereocenters. The summed E-state index contributed by atoms with van der Waals surface area (Å²) < 4.78 is 1.81. The van der Waals surface area contributed by atoms with Gasteiger partial charge in [0.05, 0.1) is 22.4 Å². The van der Waals surface area contributed by atoms with Crippen LogP contribution in [0.4, 0.5) is 5.69 Å². The standard InChI is InChI=1S/C23H26ClN5O2S/c1-14(2)20(26-22(31)17-10-5-6-11-18(17)24)21-27-28-23(29(21)4)32-13-19(30)25-16-9-7-8-15(3)12-16/h5-12,14,20H,13H2,1-4H3,(H,25,30)(H,26,31)/t20-/m0/s1. The Balaban J connectivity index is 1.67. The minimum Gasteiger partial charge on any atom is -0.342 e. The molecular formula is C23H26ClN5O2S. The average Bonchev–Trinajstić information content (AvgIpc) is 3.10. The molecule has 0 radical (unpaired) electrons. The van der Waals surface area contributed by atoms with E-state index in [9.17, 15) is 9.59 Å². The van der Waals surface area contributed by atoms with Crippen molar-refractivity contribution in [1.29, 1.82) is 0 Å². The highest BCUT2D eigenvalue weighted by Gasteiger charge is 2.26. The molecule has 2 N–H and O–H groups in total. The highest BCUT2D eigenvalue weighted by atomic mass is 35.5. The summed E-state index contributed by atoms with van der Waals surface area (Å²) in [7, 11) is 1.83. The van der Waals surface area contributed by atoms with Crippen LogP contribution in [-0.4, -0.2) is 32.3 Å². The van der Waals surface area contributed by atoms with Crippen molar-refractivity contribution in [3.63, 3.8) is 0 Å². The van der Waals surface area contributed by atoms with Crippen LogP contribution in [0.15, 0.2) is 53.7 Å². The minimum atomic E-state index is -0.369. The van der Waals surface area contributed by atoms with Gasteiger partial charge >= 0.3 is 0 Å². The molecule has 0 spiro atoms. The summed E-state index contributed by atoms with van der Waals surface area (Å²) in [5.41, 5.74) is 2.24. The van der Waals surface area contributed by atoms with Crippen LogP contribution in [0.3, 0.4) is 0 Å². The molecular weight excluding hydrogens is 446 g/mol. The van der Waals surface area contributed by atoms with Crippen LogP contribution < -0.4 is 10.6 Å². The normalized spacial score (nSPS) is 11.9. The van der Waals surface area contributed by atoms with Crippen molar-refractivity contribution < 1.29 is 9.59 Å². The van der Waals surface area contributed by atoms with Gasteiger partial charge in [0, 0.05) is 12.7 Å². The lowest BCUT2D eigenvalue weighted by Gasteiger charge is -2.22. The van der Waals surface area contributed by atoms with Crippen LogP contribution in [0.5, 0.6) is 0 Å². The number of aromatic nitrogens is 3. The fourth-order valence-electron chi connectivity index (χ4n) is 3.17. The highest BCUT2D eigenvalue weighted by molar-refractivity contribution is 7.99. The van der Waals surface area contributed by atoms with Crippen molar-refractivity contribution in [3.8, 4) is 0 Å². The first-order valence-electron chi connectivity index (χ1n) is 10.2. The van der Waals surface area contributed by atoms with E-state index in [0.717, 1.165) is 11.3 Å². The summed E-state index contributed by atoms with van der Waals surface area (Å²) in [6, 6.07) is 14.2. The SMILES string of the molecule is Cc1cccc(NC(=O)CSc2nnc([C@@H](NC(=O)c3ccccc3Cl)C(C)C)n2C)c1. The van der Waals surface area contributed by atoms with E-state index in [4.69, 9.17) is 11.6 Å². The lowest BCUT2D eigenvalue weighted by Crippen LogP contribution is -2.33. The second-order valence-electron chi connectivity index (χ2n) is 7.78. The number of carbonyl (C=O) groups excluding carboxylic acids is 2. The van der Waals surface area contributed by atoms with Crippen molar-refractivity contribution in [2.45, 2.75) is 32.0 Å². The lowest BCUT2D eigenvalue weighted by atomic mass is 10.0. The second kappa shape index (κ2) is 10.7. The Bertz CT molecular complexity index is 1120. The molecule has 0 saturated heterocycles. The summed E-state index contributed by atoms with van der Waals surface area (Å²) in [6.45, 7) is 5.96. The van der Waals surface area contributed by atoms with Crippen molar-refractivity contribution in [1.82, 2.24) is 20.1 Å². The largest absolute Gasteiger partial charge is 0.342 e. The quantitative estimate of drug-likeness (QED) is 0.467. The number of rotatable bonds is 8. The molecule has 0 aliphatic rings. The van der Waals surface area contributed by atoms with Gasteiger partial charge in [-0.05, 0) is 42.7 Å². The number of halogens is 1. The summed E-state index contributed by atoms with van der Waals surface area (Å²) >= 11 is 7.46. The highest BCUT2D eigenvalue weighted by Crippen LogP contribution is 2.25. The van der Waals surface area contributed by atoms with E-state index < -0.39 is 0 Å². The Kier molecular flexibility index (Phi) is 7.93. The zero-order valence-corrected chi connectivity index (χ0v) is 20.0. The Morgan fingerprint density at radius 3 is 2.56 bits per heavy atom. The van der Waals surface area contributed by atoms with Crippen molar-refractivity contribution in [3.05, 3.63) is 70.5 Å². The number of nitrogens with zero attached hydrogens (tertiary/aromatic N) is 3. The van der Waals surface area contributed by atoms with Crippen LogP contribution in [0.25, 0.3) is 0 Å². The third-order valence-electron chi connectivity index (χ3n) is 4.85. The molecule has 7 nitrogen and oxygen atoms in total. The molecule has 3 rings (SSSR count). The molecule has 0 aliphatic heterocycles. The molecule has 9 heteroatoms. The zero-order valence-electron chi connectivity index (χ0n) is 18.4. The van der Waals surface area contributed by atoms with Crippen LogP contribution in [-0.2, 0) is 11.8 Å². The first kappa shape index (κ1) is 23.8. The van der Waals surface area contributed by atoms with E-state index in [1.807, 2.05) is 56.7 Å². The maximum atomic E-state index is 12.8. The monoisotopic (exact) mass is 471 g/mol. The smallest absolute Gasteiger partial charge is 0.253 e. The predicted octanol–water partition coefficient (Wildman–Crippen LogP) is 4.63. The number of anilines is 1. The number of amides is 2. The maximum absolute atomic E-state index is 12.8. The maximum Gasteiger partial charge on any atom is 0.253 e. The van der Waals surface area contributed by atoms with Gasteiger partial charge in [-0.1, -0.05) is 61.5 Å². The molecule has 168 valence electrons. The number of benzene rings is 2. The van der Waals surface area contributed by atoms with Crippen molar-refractivity contribution in [2.24, 2.45) is 13.0 Å². The van der Waals surface area contributed by atoms with Gasteiger partial charge in [0.1, 0.15) is 0 Å². The summed E-state index contributed by atoms with van der Waals surface area (Å²) in [5, 5.41) is 15.4. The summed E-state index contributed by atoms with van der Waals surface area (Å²) in [6.07, 6.45) is 0. The van der Waals surface area contributed by atoms with Gasteiger partial charge in [0.25, 0.3) is 5.91 Å². The van der Waals surface area contributed by atoms with Gasteiger partial charge in [0.15, 0.2) is 11.0 Å². The number of nitrogens with one attached hydrogen (secondary N) is 2. The minimum absolute atomic E-state index is 0.0619. The van der Waals surface area contributed by atoms with Gasteiger partial charge in [-0.2, -0.15) is 0 Å². The molecule has 2 amide bonds. The molecule has 1 heterocycles. The predicted molar refractivity (Wildman–Crippen MR) is 128 cm³/mol. The molecule has 32 heavy (non-hydrogen) atoms. The molecule has 3 aromatic rings. The van der Waals surface area contributed by atoms with Crippen LogP contribution in [0.2, 0.25) is 5.02 Å². The fourth-order valence-corrected chi connectivity index (χ4v) is 4.11. The number of carbonyl (C=O) groups is 2. The number of thioether (sulfide) groups is 1. The Labute approximate surface area is 197 Å². The third-order valence-corrected chi connectivity index (χ3v) is 6.20. The Hall–Kier alpha value is -2.84. The zero-order chi connectivity index (χ0) is 23.3. The Morgan fingerprint density at radius 1 is 1.12 bits per heavy atom. The molecule has 0 fully saturated rings. The van der Waals surface area contributed by atoms with Crippen LogP contribution in [0, 0.1) is 12.8 Å². The molecule has 0 aliphatic carbocycles. The van der Waals surface area contributed by atoms with Gasteiger partial charge in [-0.3, -0.25) is 9.59 Å². The third kappa shape index (κ3) is 5.89. The number of hydrogen-bond donors (Lipinski definition) is 2. The summed E-state index contributed by atoms with van der Waals surface area (Å²) in [5.74, 6) is 0.466. The fraction of sp³-hybridized carbons (Fsp3) is 0.304. The van der Waals surface area contributed by atoms with Gasteiger partial charge in [-0.25, -0.2) is 0 Å². The molecule has 0 bridgehead atoms. The lowest BCUT2D eigenvalue weighted by molar-refractivity contribution is -0.113. The van der Waals surface area contributed by atoms with E-state index in [1.54, 1.807) is 24.3 Å². The average molecular weight is 472 g/mol. The van der Waals surface area contributed by atoms with Crippen LogP contribution in [0.1, 0.15) is 41.6 Å². The number of aryl methyl sites for hydroxylation is 1. The molecule has 0 saturated carbocycles. The van der Waals surface area contributed by atoms with E-state index in [0.29, 0.717) is 21.6 Å². The van der Waals surface area contributed by atoms with Crippen molar-refractivity contribution in [2.75, 3.05) is 11.1 Å². The van der Waals surface area contributed by atoms with Gasteiger partial charge < -0.3 is 15.2 Å².